The zero-order valence-corrected chi connectivity index (χ0v) is 18.1. The molecule has 1 amide bonds. The molecule has 0 unspecified atom stereocenters. The van der Waals surface area contributed by atoms with Crippen LogP contribution in [0.3, 0.4) is 0 Å². The summed E-state index contributed by atoms with van der Waals surface area (Å²) in [6, 6.07) is 15.7. The van der Waals surface area contributed by atoms with Crippen molar-refractivity contribution < 1.29 is 14.3 Å². The minimum Gasteiger partial charge on any atom is -0.490 e. The van der Waals surface area contributed by atoms with E-state index in [1.807, 2.05) is 54.0 Å². The van der Waals surface area contributed by atoms with Crippen molar-refractivity contribution in [3.63, 3.8) is 0 Å². The molecule has 4 rings (SSSR count). The average Bonchev–Trinajstić information content (AvgIpc) is 2.90. The molecule has 1 atom stereocenters. The van der Waals surface area contributed by atoms with E-state index in [-0.39, 0.29) is 24.4 Å². The molecule has 0 fully saturated rings. The molecule has 1 N–H and O–H groups in total. The van der Waals surface area contributed by atoms with Crippen molar-refractivity contribution in [2.75, 3.05) is 13.2 Å². The molecule has 0 bridgehead atoms. The maximum atomic E-state index is 13.1. The number of fused-ring (bicyclic) bond motifs is 2. The van der Waals surface area contributed by atoms with E-state index in [4.69, 9.17) is 9.47 Å². The molecule has 0 radical (unpaired) electrons. The number of nitrogens with zero attached hydrogens (tertiary/aromatic N) is 2. The van der Waals surface area contributed by atoms with Gasteiger partial charge in [0, 0.05) is 17.5 Å². The molecular formula is C25H27N3O3. The highest BCUT2D eigenvalue weighted by atomic mass is 16.5. The van der Waals surface area contributed by atoms with Gasteiger partial charge in [-0.15, -0.1) is 0 Å². The highest BCUT2D eigenvalue weighted by Gasteiger charge is 2.22. The lowest BCUT2D eigenvalue weighted by molar-refractivity contribution is -0.122. The number of benzene rings is 2. The van der Waals surface area contributed by atoms with Crippen molar-refractivity contribution >= 4 is 16.8 Å². The van der Waals surface area contributed by atoms with Crippen molar-refractivity contribution in [1.82, 2.24) is 9.88 Å². The van der Waals surface area contributed by atoms with Crippen LogP contribution in [0.1, 0.15) is 43.1 Å². The van der Waals surface area contributed by atoms with Crippen LogP contribution < -0.4 is 14.8 Å². The smallest absolute Gasteiger partial charge is 0.240 e. The molecule has 0 saturated carbocycles. The highest BCUT2D eigenvalue weighted by molar-refractivity contribution is 5.89. The first-order valence-electron chi connectivity index (χ1n) is 10.7. The maximum Gasteiger partial charge on any atom is 0.240 e. The number of carbonyl (C=O) groups excluding carboxylic acids is 1. The summed E-state index contributed by atoms with van der Waals surface area (Å²) >= 11 is 0. The number of nitrogens with one attached hydrogen (secondary N) is 1. The van der Waals surface area contributed by atoms with Gasteiger partial charge in [-0.25, -0.2) is 0 Å². The number of hydrogen-bond acceptors (Lipinski definition) is 4. The molecule has 31 heavy (non-hydrogen) atoms. The van der Waals surface area contributed by atoms with Crippen LogP contribution in [0.25, 0.3) is 10.9 Å². The summed E-state index contributed by atoms with van der Waals surface area (Å²) in [6.45, 7) is 7.47. The largest absolute Gasteiger partial charge is 0.490 e. The Morgan fingerprint density at radius 1 is 1.16 bits per heavy atom. The van der Waals surface area contributed by atoms with E-state index in [1.54, 1.807) is 0 Å². The average molecular weight is 418 g/mol. The quantitative estimate of drug-likeness (QED) is 0.663. The summed E-state index contributed by atoms with van der Waals surface area (Å²) in [5.41, 5.74) is 3.30. The fourth-order valence-electron chi connectivity index (χ4n) is 4.15. The number of nitriles is 1. The summed E-state index contributed by atoms with van der Waals surface area (Å²) in [7, 11) is 0. The van der Waals surface area contributed by atoms with E-state index >= 15 is 0 Å². The summed E-state index contributed by atoms with van der Waals surface area (Å²) in [5.74, 6) is 1.55. The monoisotopic (exact) mass is 417 g/mol. The number of ether oxygens (including phenoxy) is 2. The Morgan fingerprint density at radius 2 is 1.90 bits per heavy atom. The van der Waals surface area contributed by atoms with Crippen LogP contribution in [0.15, 0.2) is 42.5 Å². The van der Waals surface area contributed by atoms with Gasteiger partial charge in [0.2, 0.25) is 5.91 Å². The summed E-state index contributed by atoms with van der Waals surface area (Å²) in [6.07, 6.45) is 0.850. The van der Waals surface area contributed by atoms with Crippen LogP contribution in [0.4, 0.5) is 0 Å². The first kappa shape index (κ1) is 20.8. The Kier molecular flexibility index (Phi) is 5.85. The van der Waals surface area contributed by atoms with Crippen LogP contribution in [0.5, 0.6) is 11.5 Å². The number of para-hydroxylation sites is 1. The second-order valence-corrected chi connectivity index (χ2v) is 8.22. The Balaban J connectivity index is 1.59. The van der Waals surface area contributed by atoms with Gasteiger partial charge in [0.15, 0.2) is 11.5 Å². The topological polar surface area (TPSA) is 76.3 Å². The summed E-state index contributed by atoms with van der Waals surface area (Å²) in [4.78, 5) is 13.1. The van der Waals surface area contributed by atoms with Crippen molar-refractivity contribution in [2.24, 2.45) is 5.92 Å². The highest BCUT2D eigenvalue weighted by Crippen LogP contribution is 2.34. The maximum absolute atomic E-state index is 13.1. The zero-order chi connectivity index (χ0) is 22.0. The zero-order valence-electron chi connectivity index (χ0n) is 18.1. The molecule has 1 aliphatic rings. The number of carbonyl (C=O) groups is 1. The molecule has 3 aromatic rings. The molecule has 0 aliphatic carbocycles. The van der Waals surface area contributed by atoms with Crippen LogP contribution in [0.2, 0.25) is 0 Å². The van der Waals surface area contributed by atoms with Crippen molar-refractivity contribution in [2.45, 2.75) is 39.8 Å². The van der Waals surface area contributed by atoms with E-state index in [0.717, 1.165) is 40.1 Å². The van der Waals surface area contributed by atoms with Crippen molar-refractivity contribution in [1.29, 1.82) is 5.26 Å². The summed E-state index contributed by atoms with van der Waals surface area (Å²) in [5, 5.41) is 13.6. The second kappa shape index (κ2) is 8.73. The van der Waals surface area contributed by atoms with Gasteiger partial charge in [-0.3, -0.25) is 4.79 Å². The molecular weight excluding hydrogens is 390 g/mol. The van der Waals surface area contributed by atoms with E-state index in [0.29, 0.717) is 18.8 Å². The molecule has 1 aliphatic heterocycles. The fourth-order valence-corrected chi connectivity index (χ4v) is 4.15. The fraction of sp³-hybridized carbons (Fsp3) is 0.360. The lowest BCUT2D eigenvalue weighted by Gasteiger charge is -2.24. The summed E-state index contributed by atoms with van der Waals surface area (Å²) < 4.78 is 13.5. The predicted octanol–water partition coefficient (Wildman–Crippen LogP) is 4.50. The van der Waals surface area contributed by atoms with Crippen molar-refractivity contribution in [3.8, 4) is 17.6 Å². The van der Waals surface area contributed by atoms with Gasteiger partial charge in [-0.1, -0.05) is 38.1 Å². The number of aromatic nitrogens is 1. The molecule has 2 aromatic carbocycles. The van der Waals surface area contributed by atoms with Crippen molar-refractivity contribution in [3.05, 3.63) is 59.3 Å². The molecule has 0 spiro atoms. The first-order valence-corrected chi connectivity index (χ1v) is 10.7. The third kappa shape index (κ3) is 4.09. The Hall–Kier alpha value is -3.46. The molecule has 160 valence electrons. The van der Waals surface area contributed by atoms with Crippen LogP contribution in [-0.4, -0.2) is 23.7 Å². The van der Waals surface area contributed by atoms with Gasteiger partial charge in [-0.05, 0) is 36.6 Å². The van der Waals surface area contributed by atoms with Gasteiger partial charge in [-0.2, -0.15) is 5.26 Å². The first-order chi connectivity index (χ1) is 15.0. The lowest BCUT2D eigenvalue weighted by Crippen LogP contribution is -2.34. The molecule has 1 aromatic heterocycles. The minimum absolute atomic E-state index is 0.0980. The number of rotatable bonds is 5. The van der Waals surface area contributed by atoms with Gasteiger partial charge >= 0.3 is 0 Å². The van der Waals surface area contributed by atoms with Crippen LogP contribution >= 0.6 is 0 Å². The van der Waals surface area contributed by atoms with Gasteiger partial charge in [0.05, 0.1) is 30.3 Å². The predicted molar refractivity (Wildman–Crippen MR) is 119 cm³/mol. The number of hydrogen-bond donors (Lipinski definition) is 1. The molecule has 6 heteroatoms. The van der Waals surface area contributed by atoms with E-state index in [2.05, 4.69) is 25.2 Å². The van der Waals surface area contributed by atoms with E-state index < -0.39 is 0 Å². The lowest BCUT2D eigenvalue weighted by atomic mass is 9.95. The Bertz CT molecular complexity index is 1160. The second-order valence-electron chi connectivity index (χ2n) is 8.22. The normalized spacial score (nSPS) is 14.2. The van der Waals surface area contributed by atoms with Gasteiger partial charge in [0.25, 0.3) is 0 Å². The van der Waals surface area contributed by atoms with E-state index in [9.17, 15) is 10.1 Å². The Labute approximate surface area is 182 Å². The molecule has 0 saturated heterocycles. The number of amides is 1. The third-order valence-electron chi connectivity index (χ3n) is 5.76. The van der Waals surface area contributed by atoms with Gasteiger partial charge < -0.3 is 19.4 Å². The molecule has 6 nitrogen and oxygen atoms in total. The van der Waals surface area contributed by atoms with E-state index in [1.165, 1.54) is 0 Å². The van der Waals surface area contributed by atoms with Crippen LogP contribution in [-0.2, 0) is 11.3 Å². The van der Waals surface area contributed by atoms with Crippen LogP contribution in [0, 0.1) is 24.2 Å². The van der Waals surface area contributed by atoms with Gasteiger partial charge in [0.1, 0.15) is 12.6 Å². The minimum atomic E-state index is -0.165. The standard InChI is InChI=1S/C25H27N3O3/c1-16(2)25(18-9-10-22-23(13-18)31-12-6-11-30-22)27-24(29)15-28-17(3)20(14-26)19-7-4-5-8-21(19)28/h4-5,7-10,13,16,25H,6,11-12,15H2,1-3H3,(H,27,29)/t25-/m0/s1. The third-order valence-corrected chi connectivity index (χ3v) is 5.76. The Morgan fingerprint density at radius 3 is 2.65 bits per heavy atom. The molecule has 2 heterocycles. The SMILES string of the molecule is Cc1c(C#N)c2ccccc2n1CC(=O)N[C@H](c1ccc2c(c1)OCCCO2)C(C)C.